The minimum absolute atomic E-state index is 0.00775. The maximum atomic E-state index is 13.9. The van der Waals surface area contributed by atoms with Crippen LogP contribution in [0.5, 0.6) is 5.75 Å². The highest BCUT2D eigenvalue weighted by molar-refractivity contribution is 7.92. The first-order valence-corrected chi connectivity index (χ1v) is 12.4. The third-order valence-corrected chi connectivity index (χ3v) is 7.14. The largest absolute Gasteiger partial charge is 0.495 e. The van der Waals surface area contributed by atoms with Gasteiger partial charge < -0.3 is 10.1 Å². The first-order valence-electron chi connectivity index (χ1n) is 11.0. The Morgan fingerprint density at radius 1 is 0.914 bits per heavy atom. The summed E-state index contributed by atoms with van der Waals surface area (Å²) >= 11 is 0. The van der Waals surface area contributed by atoms with E-state index in [4.69, 9.17) is 4.74 Å². The number of para-hydroxylation sites is 2. The van der Waals surface area contributed by atoms with Crippen LogP contribution in [0.15, 0.2) is 108 Å². The Balaban J connectivity index is 1.67. The number of carbonyl (C=O) groups is 1. The molecule has 0 bridgehead atoms. The Bertz CT molecular complexity index is 1390. The third kappa shape index (κ3) is 5.67. The van der Waals surface area contributed by atoms with Gasteiger partial charge in [0.25, 0.3) is 15.9 Å². The van der Waals surface area contributed by atoms with E-state index in [1.54, 1.807) is 54.9 Å². The molecule has 0 radical (unpaired) electrons. The van der Waals surface area contributed by atoms with Gasteiger partial charge in [0.1, 0.15) is 5.75 Å². The van der Waals surface area contributed by atoms with Crippen molar-refractivity contribution in [2.24, 2.45) is 0 Å². The van der Waals surface area contributed by atoms with Crippen molar-refractivity contribution in [2.75, 3.05) is 11.4 Å². The molecule has 0 saturated heterocycles. The number of hydrogen-bond donors (Lipinski definition) is 1. The van der Waals surface area contributed by atoms with E-state index in [1.165, 1.54) is 23.5 Å². The van der Waals surface area contributed by atoms with Crippen molar-refractivity contribution in [2.45, 2.75) is 18.0 Å². The van der Waals surface area contributed by atoms with Crippen molar-refractivity contribution in [3.8, 4) is 5.75 Å². The fraction of sp³-hybridized carbons (Fsp3) is 0.111. The molecule has 0 atom stereocenters. The number of sulfonamides is 1. The summed E-state index contributed by atoms with van der Waals surface area (Å²) in [6.07, 6.45) is 3.32. The van der Waals surface area contributed by atoms with Crippen LogP contribution in [0.2, 0.25) is 0 Å². The number of carbonyl (C=O) groups excluding carboxylic acids is 1. The number of benzene rings is 3. The highest BCUT2D eigenvalue weighted by atomic mass is 32.2. The Hall–Kier alpha value is -4.17. The molecule has 7 nitrogen and oxygen atoms in total. The standard InChI is InChI=1S/C27H25N3O4S/c1-34-26-15-6-5-14-25(26)30(20-21-9-3-2-4-10-21)35(32,33)24-13-7-12-23(17-24)27(31)29-19-22-11-8-16-28-18-22/h2-18H,19-20H2,1H3,(H,29,31). The summed E-state index contributed by atoms with van der Waals surface area (Å²) in [5.74, 6) is 0.0511. The lowest BCUT2D eigenvalue weighted by Crippen LogP contribution is -2.31. The van der Waals surface area contributed by atoms with E-state index >= 15 is 0 Å². The van der Waals surface area contributed by atoms with Gasteiger partial charge >= 0.3 is 0 Å². The summed E-state index contributed by atoms with van der Waals surface area (Å²) < 4.78 is 34.5. The number of nitrogens with zero attached hydrogens (tertiary/aromatic N) is 2. The smallest absolute Gasteiger partial charge is 0.264 e. The first-order chi connectivity index (χ1) is 17.0. The number of anilines is 1. The van der Waals surface area contributed by atoms with Crippen molar-refractivity contribution >= 4 is 21.6 Å². The van der Waals surface area contributed by atoms with Gasteiger partial charge in [0.05, 0.1) is 24.2 Å². The predicted octanol–water partition coefficient (Wildman–Crippen LogP) is 4.42. The minimum atomic E-state index is -4.04. The lowest BCUT2D eigenvalue weighted by atomic mass is 10.2. The summed E-state index contributed by atoms with van der Waals surface area (Å²) in [5.41, 5.74) is 2.31. The molecule has 0 aliphatic heterocycles. The number of aromatic nitrogens is 1. The van der Waals surface area contributed by atoms with E-state index in [1.807, 2.05) is 36.4 Å². The van der Waals surface area contributed by atoms with Crippen molar-refractivity contribution < 1.29 is 17.9 Å². The summed E-state index contributed by atoms with van der Waals surface area (Å²) in [6.45, 7) is 0.381. The SMILES string of the molecule is COc1ccccc1N(Cc1ccccc1)S(=O)(=O)c1cccc(C(=O)NCc2cccnc2)c1. The molecule has 178 valence electrons. The van der Waals surface area contributed by atoms with E-state index in [0.717, 1.165) is 11.1 Å². The van der Waals surface area contributed by atoms with Crippen LogP contribution in [0.4, 0.5) is 5.69 Å². The second-order valence-corrected chi connectivity index (χ2v) is 9.60. The van der Waals surface area contributed by atoms with Gasteiger partial charge in [-0.25, -0.2) is 8.42 Å². The van der Waals surface area contributed by atoms with Gasteiger partial charge in [-0.05, 0) is 47.5 Å². The van der Waals surface area contributed by atoms with Gasteiger partial charge in [0.2, 0.25) is 0 Å². The summed E-state index contributed by atoms with van der Waals surface area (Å²) in [7, 11) is -2.55. The zero-order chi connectivity index (χ0) is 24.7. The van der Waals surface area contributed by atoms with E-state index < -0.39 is 10.0 Å². The molecule has 1 aromatic heterocycles. The molecule has 1 amide bonds. The monoisotopic (exact) mass is 487 g/mol. The molecule has 0 aliphatic rings. The van der Waals surface area contributed by atoms with Crippen molar-refractivity contribution in [3.05, 3.63) is 120 Å². The van der Waals surface area contributed by atoms with Crippen molar-refractivity contribution in [1.29, 1.82) is 0 Å². The van der Waals surface area contributed by atoms with E-state index in [0.29, 0.717) is 11.4 Å². The van der Waals surface area contributed by atoms with Gasteiger partial charge in [0.15, 0.2) is 0 Å². The molecule has 8 heteroatoms. The van der Waals surface area contributed by atoms with Crippen LogP contribution in [0.3, 0.4) is 0 Å². The van der Waals surface area contributed by atoms with Gasteiger partial charge in [-0.3, -0.25) is 14.1 Å². The number of hydrogen-bond acceptors (Lipinski definition) is 5. The molecule has 3 aromatic carbocycles. The summed E-state index contributed by atoms with van der Waals surface area (Å²) in [5, 5.41) is 2.81. The number of methoxy groups -OCH3 is 1. The average Bonchev–Trinajstić information content (AvgIpc) is 2.91. The molecule has 4 rings (SSSR count). The molecular weight excluding hydrogens is 462 g/mol. The maximum Gasteiger partial charge on any atom is 0.264 e. The van der Waals surface area contributed by atoms with E-state index in [-0.39, 0.29) is 29.5 Å². The molecule has 0 saturated carbocycles. The molecule has 0 aliphatic carbocycles. The topological polar surface area (TPSA) is 88.6 Å². The Labute approximate surface area is 205 Å². The molecular formula is C27H25N3O4S. The second kappa shape index (κ2) is 10.8. The third-order valence-electron chi connectivity index (χ3n) is 5.38. The van der Waals surface area contributed by atoms with Gasteiger partial charge in [0, 0.05) is 24.5 Å². The lowest BCUT2D eigenvalue weighted by Gasteiger charge is -2.26. The van der Waals surface area contributed by atoms with Crippen molar-refractivity contribution in [1.82, 2.24) is 10.3 Å². The quantitative estimate of drug-likeness (QED) is 0.378. The maximum absolute atomic E-state index is 13.9. The number of rotatable bonds is 9. The molecule has 4 aromatic rings. The fourth-order valence-electron chi connectivity index (χ4n) is 3.60. The Morgan fingerprint density at radius 3 is 2.40 bits per heavy atom. The highest BCUT2D eigenvalue weighted by Crippen LogP contribution is 2.33. The first kappa shape index (κ1) is 24.0. The fourth-order valence-corrected chi connectivity index (χ4v) is 5.11. The number of amides is 1. The van der Waals surface area contributed by atoms with Crippen LogP contribution in [-0.4, -0.2) is 26.4 Å². The van der Waals surface area contributed by atoms with Crippen LogP contribution >= 0.6 is 0 Å². The zero-order valence-electron chi connectivity index (χ0n) is 19.2. The van der Waals surface area contributed by atoms with E-state index in [2.05, 4.69) is 10.3 Å². The second-order valence-electron chi connectivity index (χ2n) is 7.74. The van der Waals surface area contributed by atoms with Gasteiger partial charge in [-0.2, -0.15) is 0 Å². The lowest BCUT2D eigenvalue weighted by molar-refractivity contribution is 0.0950. The summed E-state index contributed by atoms with van der Waals surface area (Å²) in [6, 6.07) is 25.9. The number of nitrogens with one attached hydrogen (secondary N) is 1. The van der Waals surface area contributed by atoms with Gasteiger partial charge in [-0.15, -0.1) is 0 Å². The van der Waals surface area contributed by atoms with Crippen LogP contribution < -0.4 is 14.4 Å². The van der Waals surface area contributed by atoms with Crippen LogP contribution in [0.1, 0.15) is 21.5 Å². The normalized spacial score (nSPS) is 11.0. The molecule has 1 heterocycles. The minimum Gasteiger partial charge on any atom is -0.495 e. The number of pyridine rings is 1. The Morgan fingerprint density at radius 2 is 1.66 bits per heavy atom. The van der Waals surface area contributed by atoms with Crippen molar-refractivity contribution in [3.63, 3.8) is 0 Å². The van der Waals surface area contributed by atoms with Crippen LogP contribution in [0, 0.1) is 0 Å². The van der Waals surface area contributed by atoms with E-state index in [9.17, 15) is 13.2 Å². The molecule has 0 spiro atoms. The molecule has 0 fully saturated rings. The van der Waals surface area contributed by atoms with Gasteiger partial charge in [-0.1, -0.05) is 54.6 Å². The Kier molecular flexibility index (Phi) is 7.42. The average molecular weight is 488 g/mol. The predicted molar refractivity (Wildman–Crippen MR) is 135 cm³/mol. The highest BCUT2D eigenvalue weighted by Gasteiger charge is 2.28. The molecule has 1 N–H and O–H groups in total. The summed E-state index contributed by atoms with van der Waals surface area (Å²) in [4.78, 5) is 16.8. The van der Waals surface area contributed by atoms with Crippen LogP contribution in [0.25, 0.3) is 0 Å². The molecule has 35 heavy (non-hydrogen) atoms. The number of ether oxygens (including phenoxy) is 1. The zero-order valence-corrected chi connectivity index (χ0v) is 20.0. The molecule has 0 unspecified atom stereocenters. The van der Waals surface area contributed by atoms with Crippen LogP contribution in [-0.2, 0) is 23.1 Å².